The molecular formula is C16H14Cl6O3. The summed E-state index contributed by atoms with van der Waals surface area (Å²) in [4.78, 5) is 22.7. The van der Waals surface area contributed by atoms with Gasteiger partial charge in [0.15, 0.2) is 8.67 Å². The molecule has 0 N–H and O–H groups in total. The van der Waals surface area contributed by atoms with Crippen LogP contribution >= 0.6 is 69.6 Å². The van der Waals surface area contributed by atoms with Crippen LogP contribution in [0.3, 0.4) is 0 Å². The molecule has 1 fully saturated rings. The van der Waals surface area contributed by atoms with Crippen molar-refractivity contribution in [2.45, 2.75) is 57.4 Å². The number of rotatable bonds is 1. The summed E-state index contributed by atoms with van der Waals surface area (Å²) >= 11 is 38.4. The molecule has 0 spiro atoms. The second-order valence-corrected chi connectivity index (χ2v) is 10.2. The molecule has 25 heavy (non-hydrogen) atoms. The quantitative estimate of drug-likeness (QED) is 0.287. The minimum Gasteiger partial charge on any atom is -0.388 e. The van der Waals surface area contributed by atoms with Gasteiger partial charge in [-0.3, -0.25) is 0 Å². The fraction of sp³-hybridized carbons (Fsp3) is 0.625. The van der Waals surface area contributed by atoms with Crippen LogP contribution in [-0.4, -0.2) is 30.9 Å². The number of fused-ring (bicyclic) bond motifs is 1. The van der Waals surface area contributed by atoms with Gasteiger partial charge in [0, 0.05) is 0 Å². The first kappa shape index (κ1) is 20.1. The summed E-state index contributed by atoms with van der Waals surface area (Å²) in [7, 11) is 0. The standard InChI is InChI=1S/C16H14Cl6O3/c17-10-7-9(8-5-3-1-2-4-6-8)11-12(23)25-13(24)14(11,18)16(21,22)15(10,19)20/h5,10H,1-4,6-7H2. The number of esters is 2. The Morgan fingerprint density at radius 2 is 1.72 bits per heavy atom. The van der Waals surface area contributed by atoms with Crippen LogP contribution in [0.1, 0.15) is 38.5 Å². The maximum Gasteiger partial charge on any atom is 0.344 e. The fourth-order valence-electron chi connectivity index (χ4n) is 3.48. The zero-order chi connectivity index (χ0) is 18.6. The van der Waals surface area contributed by atoms with Crippen LogP contribution in [0.15, 0.2) is 22.8 Å². The van der Waals surface area contributed by atoms with Gasteiger partial charge in [0.1, 0.15) is 0 Å². The van der Waals surface area contributed by atoms with Crippen molar-refractivity contribution in [3.05, 3.63) is 22.8 Å². The lowest BCUT2D eigenvalue weighted by Gasteiger charge is -2.40. The highest BCUT2D eigenvalue weighted by Crippen LogP contribution is 2.63. The van der Waals surface area contributed by atoms with Gasteiger partial charge in [0.05, 0.1) is 11.0 Å². The highest BCUT2D eigenvalue weighted by Gasteiger charge is 2.74. The third kappa shape index (κ3) is 2.85. The highest BCUT2D eigenvalue weighted by molar-refractivity contribution is 6.69. The molecule has 3 rings (SSSR count). The molecule has 9 heteroatoms. The van der Waals surface area contributed by atoms with Crippen molar-refractivity contribution in [2.24, 2.45) is 0 Å². The Hall–Kier alpha value is 0.360. The van der Waals surface area contributed by atoms with E-state index in [4.69, 9.17) is 74.3 Å². The Labute approximate surface area is 175 Å². The second-order valence-electron chi connectivity index (χ2n) is 6.39. The molecule has 0 saturated carbocycles. The van der Waals surface area contributed by atoms with E-state index in [1.165, 1.54) is 0 Å². The molecule has 1 saturated heterocycles. The lowest BCUT2D eigenvalue weighted by atomic mass is 9.88. The molecule has 2 unspecified atom stereocenters. The van der Waals surface area contributed by atoms with Gasteiger partial charge in [-0.25, -0.2) is 9.59 Å². The summed E-state index contributed by atoms with van der Waals surface area (Å²) in [5.74, 6) is -1.98. The van der Waals surface area contributed by atoms with Gasteiger partial charge in [0.2, 0.25) is 4.87 Å². The minimum absolute atomic E-state index is 0.0910. The Morgan fingerprint density at radius 3 is 2.40 bits per heavy atom. The zero-order valence-corrected chi connectivity index (χ0v) is 17.4. The number of hydrogen-bond acceptors (Lipinski definition) is 3. The molecule has 1 heterocycles. The largest absolute Gasteiger partial charge is 0.388 e. The van der Waals surface area contributed by atoms with Crippen molar-refractivity contribution >= 4 is 81.5 Å². The molecule has 0 amide bonds. The second kappa shape index (κ2) is 6.76. The lowest BCUT2D eigenvalue weighted by Crippen LogP contribution is -2.58. The van der Waals surface area contributed by atoms with Crippen molar-refractivity contribution in [3.8, 4) is 0 Å². The molecule has 0 aromatic rings. The van der Waals surface area contributed by atoms with E-state index in [9.17, 15) is 9.59 Å². The van der Waals surface area contributed by atoms with Gasteiger partial charge in [0.25, 0.3) is 0 Å². The fourth-order valence-corrected chi connectivity index (χ4v) is 5.43. The van der Waals surface area contributed by atoms with Crippen molar-refractivity contribution < 1.29 is 14.3 Å². The molecule has 0 aromatic carbocycles. The number of allylic oxidation sites excluding steroid dienone is 3. The Bertz CT molecular complexity index is 696. The molecule has 0 bridgehead atoms. The maximum atomic E-state index is 12.5. The first-order chi connectivity index (χ1) is 11.5. The van der Waals surface area contributed by atoms with E-state index >= 15 is 0 Å². The van der Waals surface area contributed by atoms with Crippen molar-refractivity contribution in [3.63, 3.8) is 0 Å². The summed E-state index contributed by atoms with van der Waals surface area (Å²) in [6.07, 6.45) is 6.71. The number of carbonyl (C=O) groups is 2. The van der Waals surface area contributed by atoms with E-state index in [0.717, 1.165) is 31.3 Å². The summed E-state index contributed by atoms with van der Waals surface area (Å²) < 4.78 is 0.485. The Balaban J connectivity index is 2.29. The molecule has 3 aliphatic rings. The van der Waals surface area contributed by atoms with Crippen LogP contribution in [0.4, 0.5) is 0 Å². The van der Waals surface area contributed by atoms with Gasteiger partial charge in [-0.2, -0.15) is 0 Å². The lowest BCUT2D eigenvalue weighted by molar-refractivity contribution is -0.152. The number of ether oxygens (including phenoxy) is 1. The minimum atomic E-state index is -2.28. The SMILES string of the molecule is O=C1OC(=O)C2(Cl)C1=C(C1=CCCCCC1)CC(Cl)C(Cl)(Cl)C2(Cl)Cl. The number of hydrogen-bond donors (Lipinski definition) is 0. The third-order valence-electron chi connectivity index (χ3n) is 4.87. The van der Waals surface area contributed by atoms with Crippen molar-refractivity contribution in [2.75, 3.05) is 0 Å². The van der Waals surface area contributed by atoms with Gasteiger partial charge >= 0.3 is 11.9 Å². The van der Waals surface area contributed by atoms with E-state index in [1.807, 2.05) is 6.08 Å². The monoisotopic (exact) mass is 464 g/mol. The molecule has 1 aliphatic heterocycles. The Kier molecular flexibility index (Phi) is 5.43. The average molecular weight is 467 g/mol. The number of alkyl halides is 6. The summed E-state index contributed by atoms with van der Waals surface area (Å²) in [5, 5.41) is -0.973. The molecule has 0 aromatic heterocycles. The van der Waals surface area contributed by atoms with Crippen LogP contribution in [0.25, 0.3) is 0 Å². The zero-order valence-electron chi connectivity index (χ0n) is 12.9. The molecule has 0 radical (unpaired) electrons. The number of cyclic esters (lactones) is 2. The smallest absolute Gasteiger partial charge is 0.344 e. The van der Waals surface area contributed by atoms with Gasteiger partial charge in [-0.15, -0.1) is 11.6 Å². The highest BCUT2D eigenvalue weighted by atomic mass is 35.5. The average Bonchev–Trinajstić information content (AvgIpc) is 2.73. The molecule has 138 valence electrons. The predicted molar refractivity (Wildman–Crippen MR) is 101 cm³/mol. The van der Waals surface area contributed by atoms with E-state index in [-0.39, 0.29) is 12.0 Å². The van der Waals surface area contributed by atoms with Crippen LogP contribution in [0.2, 0.25) is 0 Å². The summed E-state index contributed by atoms with van der Waals surface area (Å²) in [6.45, 7) is 0. The van der Waals surface area contributed by atoms with Crippen LogP contribution in [0, 0.1) is 0 Å². The number of halogens is 6. The molecule has 2 aliphatic carbocycles. The first-order valence-electron chi connectivity index (χ1n) is 7.83. The van der Waals surface area contributed by atoms with Gasteiger partial charge in [-0.1, -0.05) is 70.5 Å². The summed E-state index contributed by atoms with van der Waals surface area (Å²) in [5.41, 5.74) is 1.28. The van der Waals surface area contributed by atoms with E-state index in [0.29, 0.717) is 12.0 Å². The third-order valence-corrected chi connectivity index (χ3v) is 9.04. The van der Waals surface area contributed by atoms with E-state index in [2.05, 4.69) is 0 Å². The van der Waals surface area contributed by atoms with Gasteiger partial charge in [-0.05, 0) is 43.3 Å². The topological polar surface area (TPSA) is 43.4 Å². The molecule has 2 atom stereocenters. The molecule has 3 nitrogen and oxygen atoms in total. The van der Waals surface area contributed by atoms with E-state index < -0.39 is 30.9 Å². The summed E-state index contributed by atoms with van der Waals surface area (Å²) in [6, 6.07) is 0. The normalized spacial score (nSPS) is 34.8. The van der Waals surface area contributed by atoms with E-state index in [1.54, 1.807) is 0 Å². The van der Waals surface area contributed by atoms with Gasteiger partial charge < -0.3 is 4.74 Å². The molecular weight excluding hydrogens is 453 g/mol. The van der Waals surface area contributed by atoms with Crippen LogP contribution < -0.4 is 0 Å². The maximum absolute atomic E-state index is 12.5. The predicted octanol–water partition coefficient (Wildman–Crippen LogP) is 5.59. The van der Waals surface area contributed by atoms with Crippen LogP contribution in [-0.2, 0) is 14.3 Å². The first-order valence-corrected chi connectivity index (χ1v) is 10.2. The van der Waals surface area contributed by atoms with Crippen molar-refractivity contribution in [1.29, 1.82) is 0 Å². The van der Waals surface area contributed by atoms with Crippen LogP contribution in [0.5, 0.6) is 0 Å². The Morgan fingerprint density at radius 1 is 1.04 bits per heavy atom. The number of carbonyl (C=O) groups excluding carboxylic acids is 2. The van der Waals surface area contributed by atoms with Crippen molar-refractivity contribution in [1.82, 2.24) is 0 Å².